The first kappa shape index (κ1) is 12.8. The van der Waals surface area contributed by atoms with Gasteiger partial charge in [-0.15, -0.1) is 0 Å². The normalized spacial score (nSPS) is 20.8. The smallest absolute Gasteiger partial charge is 0.257 e. The van der Waals surface area contributed by atoms with E-state index < -0.39 is 0 Å². The van der Waals surface area contributed by atoms with Crippen LogP contribution in [0.15, 0.2) is 18.5 Å². The summed E-state index contributed by atoms with van der Waals surface area (Å²) in [6, 6.07) is 2.23. The van der Waals surface area contributed by atoms with Gasteiger partial charge in [-0.1, -0.05) is 0 Å². The van der Waals surface area contributed by atoms with Crippen molar-refractivity contribution in [1.29, 1.82) is 0 Å². The minimum atomic E-state index is 0.0624. The third kappa shape index (κ3) is 2.46. The Morgan fingerprint density at radius 2 is 2.28 bits per heavy atom. The molecule has 0 bridgehead atoms. The van der Waals surface area contributed by atoms with Crippen LogP contribution in [-0.4, -0.2) is 60.5 Å². The molecule has 1 amide bonds. The number of likely N-dealkylation sites (N-methyl/N-ethyl adjacent to an activating group) is 1. The van der Waals surface area contributed by atoms with E-state index in [1.165, 1.54) is 0 Å². The van der Waals surface area contributed by atoms with Crippen LogP contribution in [0, 0.1) is 0 Å². The molecule has 1 fully saturated rings. The highest BCUT2D eigenvalue weighted by atomic mass is 16.2. The molecule has 1 aromatic heterocycles. The standard InChI is InChI=1S/C13H20N4O/c1-10-9-17(7-6-16(10)3)13(18)11-8-15-5-4-12(11)14-2/h4-5,8,10H,6-7,9H2,1-3H3,(H,14,15). The van der Waals surface area contributed by atoms with Crippen LogP contribution in [0.5, 0.6) is 0 Å². The molecule has 0 spiro atoms. The highest BCUT2D eigenvalue weighted by molar-refractivity contribution is 5.99. The maximum absolute atomic E-state index is 12.5. The van der Waals surface area contributed by atoms with Gasteiger partial charge in [0, 0.05) is 50.8 Å². The molecular weight excluding hydrogens is 228 g/mol. The molecule has 2 rings (SSSR count). The Bertz CT molecular complexity index is 435. The Hall–Kier alpha value is -1.62. The largest absolute Gasteiger partial charge is 0.387 e. The lowest BCUT2D eigenvalue weighted by molar-refractivity contribution is 0.0573. The average molecular weight is 248 g/mol. The van der Waals surface area contributed by atoms with Gasteiger partial charge in [0.05, 0.1) is 5.56 Å². The molecule has 0 saturated carbocycles. The molecule has 5 nitrogen and oxygen atoms in total. The summed E-state index contributed by atoms with van der Waals surface area (Å²) in [5.41, 5.74) is 1.48. The second-order valence-corrected chi connectivity index (χ2v) is 4.75. The number of rotatable bonds is 2. The summed E-state index contributed by atoms with van der Waals surface area (Å²) in [4.78, 5) is 20.7. The summed E-state index contributed by atoms with van der Waals surface area (Å²) in [6.45, 7) is 4.61. The number of aromatic nitrogens is 1. The number of piperazine rings is 1. The minimum Gasteiger partial charge on any atom is -0.387 e. The van der Waals surface area contributed by atoms with E-state index in [4.69, 9.17) is 0 Å². The zero-order chi connectivity index (χ0) is 13.1. The molecule has 1 aliphatic rings. The maximum Gasteiger partial charge on any atom is 0.257 e. The van der Waals surface area contributed by atoms with Gasteiger partial charge < -0.3 is 15.1 Å². The summed E-state index contributed by atoms with van der Waals surface area (Å²) in [7, 11) is 3.91. The zero-order valence-corrected chi connectivity index (χ0v) is 11.2. The predicted octanol–water partition coefficient (Wildman–Crippen LogP) is 0.899. The quantitative estimate of drug-likeness (QED) is 0.845. The molecule has 1 aliphatic heterocycles. The van der Waals surface area contributed by atoms with Gasteiger partial charge in [-0.3, -0.25) is 9.78 Å². The Labute approximate surface area is 108 Å². The van der Waals surface area contributed by atoms with Gasteiger partial charge in [0.1, 0.15) is 0 Å². The highest BCUT2D eigenvalue weighted by Crippen LogP contribution is 2.17. The molecule has 18 heavy (non-hydrogen) atoms. The molecule has 5 heteroatoms. The van der Waals surface area contributed by atoms with Crippen LogP contribution < -0.4 is 5.32 Å². The van der Waals surface area contributed by atoms with Gasteiger partial charge in [-0.05, 0) is 20.0 Å². The fourth-order valence-electron chi connectivity index (χ4n) is 2.19. The molecule has 1 unspecified atom stereocenters. The van der Waals surface area contributed by atoms with Gasteiger partial charge >= 0.3 is 0 Å². The van der Waals surface area contributed by atoms with E-state index in [-0.39, 0.29) is 5.91 Å². The number of hydrogen-bond acceptors (Lipinski definition) is 4. The van der Waals surface area contributed by atoms with Crippen LogP contribution >= 0.6 is 0 Å². The summed E-state index contributed by atoms with van der Waals surface area (Å²) in [6.07, 6.45) is 3.33. The zero-order valence-electron chi connectivity index (χ0n) is 11.2. The predicted molar refractivity (Wildman–Crippen MR) is 71.8 cm³/mol. The number of carbonyl (C=O) groups excluding carboxylic acids is 1. The summed E-state index contributed by atoms with van der Waals surface area (Å²) in [5, 5.41) is 3.04. The number of nitrogens with one attached hydrogen (secondary N) is 1. The van der Waals surface area contributed by atoms with Gasteiger partial charge in [0.2, 0.25) is 0 Å². The van der Waals surface area contributed by atoms with E-state index in [9.17, 15) is 4.79 Å². The lowest BCUT2D eigenvalue weighted by atomic mass is 10.1. The van der Waals surface area contributed by atoms with Crippen molar-refractivity contribution in [2.24, 2.45) is 0 Å². The Morgan fingerprint density at radius 3 is 2.94 bits per heavy atom. The molecular formula is C13H20N4O. The van der Waals surface area contributed by atoms with E-state index in [0.717, 1.165) is 25.3 Å². The lowest BCUT2D eigenvalue weighted by Crippen LogP contribution is -2.52. The topological polar surface area (TPSA) is 48.5 Å². The molecule has 1 atom stereocenters. The third-order valence-electron chi connectivity index (χ3n) is 3.57. The second-order valence-electron chi connectivity index (χ2n) is 4.75. The highest BCUT2D eigenvalue weighted by Gasteiger charge is 2.26. The van der Waals surface area contributed by atoms with E-state index in [2.05, 4.69) is 29.2 Å². The fourth-order valence-corrected chi connectivity index (χ4v) is 2.19. The molecule has 1 saturated heterocycles. The summed E-state index contributed by atoms with van der Waals surface area (Å²) < 4.78 is 0. The molecule has 98 valence electrons. The second kappa shape index (κ2) is 5.35. The van der Waals surface area contributed by atoms with E-state index in [1.807, 2.05) is 18.0 Å². The number of hydrogen-bond donors (Lipinski definition) is 1. The SMILES string of the molecule is CNc1ccncc1C(=O)N1CCN(C)C(C)C1. The minimum absolute atomic E-state index is 0.0624. The van der Waals surface area contributed by atoms with Crippen molar-refractivity contribution in [2.45, 2.75) is 13.0 Å². The first-order chi connectivity index (χ1) is 8.63. The lowest BCUT2D eigenvalue weighted by Gasteiger charge is -2.37. The Kier molecular flexibility index (Phi) is 3.81. The monoisotopic (exact) mass is 248 g/mol. The number of anilines is 1. The number of nitrogens with zero attached hydrogens (tertiary/aromatic N) is 3. The van der Waals surface area contributed by atoms with Gasteiger partial charge in [-0.25, -0.2) is 0 Å². The van der Waals surface area contributed by atoms with Crippen molar-refractivity contribution >= 4 is 11.6 Å². The van der Waals surface area contributed by atoms with E-state index in [0.29, 0.717) is 11.6 Å². The van der Waals surface area contributed by atoms with Crippen LogP contribution in [0.3, 0.4) is 0 Å². The van der Waals surface area contributed by atoms with Crippen molar-refractivity contribution in [2.75, 3.05) is 39.0 Å². The van der Waals surface area contributed by atoms with Crippen molar-refractivity contribution in [3.8, 4) is 0 Å². The number of amides is 1. The molecule has 0 radical (unpaired) electrons. The Morgan fingerprint density at radius 1 is 1.50 bits per heavy atom. The Balaban J connectivity index is 2.16. The van der Waals surface area contributed by atoms with Crippen LogP contribution in [0.1, 0.15) is 17.3 Å². The van der Waals surface area contributed by atoms with Crippen LogP contribution in [0.4, 0.5) is 5.69 Å². The summed E-state index contributed by atoms with van der Waals surface area (Å²) >= 11 is 0. The molecule has 1 N–H and O–H groups in total. The average Bonchev–Trinajstić information content (AvgIpc) is 2.41. The molecule has 2 heterocycles. The van der Waals surface area contributed by atoms with Crippen molar-refractivity contribution in [3.63, 3.8) is 0 Å². The summed E-state index contributed by atoms with van der Waals surface area (Å²) in [5.74, 6) is 0.0624. The van der Waals surface area contributed by atoms with Crippen LogP contribution in [-0.2, 0) is 0 Å². The number of pyridine rings is 1. The first-order valence-corrected chi connectivity index (χ1v) is 6.24. The first-order valence-electron chi connectivity index (χ1n) is 6.24. The van der Waals surface area contributed by atoms with Gasteiger partial charge in [0.15, 0.2) is 0 Å². The number of carbonyl (C=O) groups is 1. The van der Waals surface area contributed by atoms with Gasteiger partial charge in [-0.2, -0.15) is 0 Å². The van der Waals surface area contributed by atoms with Gasteiger partial charge in [0.25, 0.3) is 5.91 Å². The van der Waals surface area contributed by atoms with E-state index in [1.54, 1.807) is 12.4 Å². The van der Waals surface area contributed by atoms with Crippen LogP contribution in [0.2, 0.25) is 0 Å². The molecule has 0 aliphatic carbocycles. The fraction of sp³-hybridized carbons (Fsp3) is 0.538. The van der Waals surface area contributed by atoms with Crippen LogP contribution in [0.25, 0.3) is 0 Å². The maximum atomic E-state index is 12.5. The van der Waals surface area contributed by atoms with E-state index >= 15 is 0 Å². The molecule has 0 aromatic carbocycles. The molecule has 1 aromatic rings. The third-order valence-corrected chi connectivity index (χ3v) is 3.57. The van der Waals surface area contributed by atoms with Crippen molar-refractivity contribution in [3.05, 3.63) is 24.0 Å². The van der Waals surface area contributed by atoms with Crippen molar-refractivity contribution < 1.29 is 4.79 Å². The van der Waals surface area contributed by atoms with Crippen molar-refractivity contribution in [1.82, 2.24) is 14.8 Å².